The van der Waals surface area contributed by atoms with Gasteiger partial charge in [0, 0.05) is 6.42 Å². The normalized spacial score (nSPS) is 20.4. The molecule has 0 aromatic heterocycles. The Hall–Kier alpha value is -2.11. The molecule has 0 aromatic carbocycles. The lowest BCUT2D eigenvalue weighted by Crippen LogP contribution is -2.60. The standard InChI is InChI=1S/C56H101NO8/c1-3-5-7-9-11-13-15-16-17-18-19-20-21-22-23-24-25-26-27-28-29-30-31-32-33-34-36-38-40-42-44-46-52(60)57-49(48-64-56-55(63)54(62)53(61)51(47-58)65-56)50(59)45-43-41-39-37-35-14-12-10-8-6-4-2/h5,7,11,13,16-17,19-20,22-23,49-51,53-56,58-59,61-63H,3-4,6,8-10,12,14-15,18,21,24-48H2,1-2H3,(H,57,60)/b7-5-,13-11-,17-16-,20-19-,23-22-. The summed E-state index contributed by atoms with van der Waals surface area (Å²) in [5.41, 5.74) is 0. The van der Waals surface area contributed by atoms with Gasteiger partial charge in [-0.25, -0.2) is 0 Å². The molecule has 0 aromatic rings. The molecule has 1 aliphatic rings. The summed E-state index contributed by atoms with van der Waals surface area (Å²) in [5, 5.41) is 54.4. The first kappa shape index (κ1) is 60.9. The van der Waals surface area contributed by atoms with Crippen LogP contribution in [0.5, 0.6) is 0 Å². The van der Waals surface area contributed by atoms with Crippen molar-refractivity contribution >= 4 is 5.91 Å². The van der Waals surface area contributed by atoms with Crippen molar-refractivity contribution in [2.45, 2.75) is 275 Å². The third kappa shape index (κ3) is 35.7. The minimum absolute atomic E-state index is 0.138. The molecule has 7 atom stereocenters. The second kappa shape index (κ2) is 45.7. The van der Waals surface area contributed by atoms with Crippen LogP contribution in [0.4, 0.5) is 0 Å². The Morgan fingerprint density at radius 2 is 0.954 bits per heavy atom. The molecule has 0 saturated carbocycles. The van der Waals surface area contributed by atoms with Crippen molar-refractivity contribution in [1.82, 2.24) is 5.32 Å². The number of amides is 1. The number of unbranched alkanes of at least 4 members (excludes halogenated alkanes) is 25. The first-order chi connectivity index (χ1) is 31.8. The van der Waals surface area contributed by atoms with Crippen LogP contribution in [0.3, 0.4) is 0 Å². The highest BCUT2D eigenvalue weighted by Crippen LogP contribution is 2.23. The molecule has 1 heterocycles. The molecule has 0 bridgehead atoms. The van der Waals surface area contributed by atoms with E-state index in [9.17, 15) is 30.3 Å². The van der Waals surface area contributed by atoms with E-state index < -0.39 is 49.5 Å². The van der Waals surface area contributed by atoms with Crippen LogP contribution in [-0.2, 0) is 14.3 Å². The number of ether oxygens (including phenoxy) is 2. The van der Waals surface area contributed by atoms with Crippen molar-refractivity contribution in [2.24, 2.45) is 0 Å². The Bertz CT molecular complexity index is 1200. The van der Waals surface area contributed by atoms with Gasteiger partial charge in [0.15, 0.2) is 6.29 Å². The van der Waals surface area contributed by atoms with Gasteiger partial charge in [-0.15, -0.1) is 0 Å². The molecule has 1 rings (SSSR count). The minimum atomic E-state index is -1.55. The molecule has 0 spiro atoms. The molecule has 1 saturated heterocycles. The predicted octanol–water partition coefficient (Wildman–Crippen LogP) is 12.7. The van der Waals surface area contributed by atoms with E-state index in [1.54, 1.807) is 0 Å². The SMILES string of the molecule is CC/C=C\C/C=C\C/C=C\C/C=C\C/C=C\CCCCCCCCCCCCCCCCCC(=O)NC(COC1OC(CO)C(O)C(O)C1O)C(O)CCCCCCCCCCCCC. The van der Waals surface area contributed by atoms with Crippen LogP contribution in [0.1, 0.15) is 232 Å². The minimum Gasteiger partial charge on any atom is -0.394 e. The van der Waals surface area contributed by atoms with Gasteiger partial charge in [0.05, 0.1) is 25.4 Å². The van der Waals surface area contributed by atoms with Crippen molar-refractivity contribution in [3.05, 3.63) is 60.8 Å². The predicted molar refractivity (Wildman–Crippen MR) is 272 cm³/mol. The number of rotatable bonds is 45. The largest absolute Gasteiger partial charge is 0.394 e. The molecule has 378 valence electrons. The third-order valence-electron chi connectivity index (χ3n) is 12.6. The summed E-state index contributed by atoms with van der Waals surface area (Å²) in [5.74, 6) is -0.147. The Labute approximate surface area is 398 Å². The fourth-order valence-corrected chi connectivity index (χ4v) is 8.36. The van der Waals surface area contributed by atoms with E-state index in [0.717, 1.165) is 70.6 Å². The lowest BCUT2D eigenvalue weighted by Gasteiger charge is -2.40. The number of aliphatic hydroxyl groups excluding tert-OH is 5. The third-order valence-corrected chi connectivity index (χ3v) is 12.6. The van der Waals surface area contributed by atoms with E-state index in [4.69, 9.17) is 9.47 Å². The van der Waals surface area contributed by atoms with Crippen LogP contribution >= 0.6 is 0 Å². The van der Waals surface area contributed by atoms with Crippen molar-refractivity contribution in [1.29, 1.82) is 0 Å². The van der Waals surface area contributed by atoms with Crippen molar-refractivity contribution in [3.8, 4) is 0 Å². The van der Waals surface area contributed by atoms with Crippen LogP contribution in [0, 0.1) is 0 Å². The number of carbonyl (C=O) groups excluding carboxylic acids is 1. The Balaban J connectivity index is 2.13. The maximum absolute atomic E-state index is 13.0. The second-order valence-corrected chi connectivity index (χ2v) is 18.6. The van der Waals surface area contributed by atoms with E-state index in [-0.39, 0.29) is 12.5 Å². The average Bonchev–Trinajstić information content (AvgIpc) is 3.31. The summed E-state index contributed by atoms with van der Waals surface area (Å²) in [6.45, 7) is 3.71. The second-order valence-electron chi connectivity index (χ2n) is 18.6. The van der Waals surface area contributed by atoms with Crippen LogP contribution in [0.25, 0.3) is 0 Å². The molecule has 65 heavy (non-hydrogen) atoms. The maximum Gasteiger partial charge on any atom is 0.220 e. The van der Waals surface area contributed by atoms with E-state index in [1.165, 1.54) is 135 Å². The van der Waals surface area contributed by atoms with Crippen molar-refractivity contribution in [2.75, 3.05) is 13.2 Å². The Kier molecular flexibility index (Phi) is 42.8. The molecule has 0 aliphatic carbocycles. The zero-order chi connectivity index (χ0) is 47.3. The van der Waals surface area contributed by atoms with Crippen LogP contribution in [0.2, 0.25) is 0 Å². The summed E-state index contributed by atoms with van der Waals surface area (Å²) >= 11 is 0. The summed E-state index contributed by atoms with van der Waals surface area (Å²) in [6, 6.07) is -0.719. The van der Waals surface area contributed by atoms with Gasteiger partial charge in [0.25, 0.3) is 0 Å². The molecule has 1 fully saturated rings. The number of allylic oxidation sites excluding steroid dienone is 10. The number of aliphatic hydroxyl groups is 5. The van der Waals surface area contributed by atoms with Crippen LogP contribution < -0.4 is 5.32 Å². The quantitative estimate of drug-likeness (QED) is 0.0261. The first-order valence-electron chi connectivity index (χ1n) is 27.0. The van der Waals surface area contributed by atoms with Gasteiger partial charge in [0.1, 0.15) is 24.4 Å². The molecule has 1 amide bonds. The number of nitrogens with one attached hydrogen (secondary N) is 1. The van der Waals surface area contributed by atoms with Crippen molar-refractivity contribution < 1.29 is 39.8 Å². The highest BCUT2D eigenvalue weighted by molar-refractivity contribution is 5.76. The highest BCUT2D eigenvalue weighted by atomic mass is 16.7. The van der Waals surface area contributed by atoms with Crippen LogP contribution in [0.15, 0.2) is 60.8 Å². The van der Waals surface area contributed by atoms with E-state index in [2.05, 4.69) is 79.9 Å². The van der Waals surface area contributed by atoms with E-state index in [0.29, 0.717) is 12.8 Å². The van der Waals surface area contributed by atoms with Gasteiger partial charge in [0.2, 0.25) is 5.91 Å². The van der Waals surface area contributed by atoms with E-state index >= 15 is 0 Å². The molecule has 1 aliphatic heterocycles. The van der Waals surface area contributed by atoms with Gasteiger partial charge in [-0.3, -0.25) is 4.79 Å². The lowest BCUT2D eigenvalue weighted by atomic mass is 9.99. The van der Waals surface area contributed by atoms with Crippen molar-refractivity contribution in [3.63, 3.8) is 0 Å². The molecule has 9 nitrogen and oxygen atoms in total. The maximum atomic E-state index is 13.0. The van der Waals surface area contributed by atoms with Gasteiger partial charge >= 0.3 is 0 Å². The van der Waals surface area contributed by atoms with Gasteiger partial charge in [-0.05, 0) is 57.8 Å². The fraction of sp³-hybridized carbons (Fsp3) is 0.804. The van der Waals surface area contributed by atoms with Gasteiger partial charge in [-0.2, -0.15) is 0 Å². The molecule has 6 N–H and O–H groups in total. The van der Waals surface area contributed by atoms with Crippen LogP contribution in [-0.4, -0.2) is 87.5 Å². The number of hydrogen-bond acceptors (Lipinski definition) is 8. The first-order valence-corrected chi connectivity index (χ1v) is 27.0. The summed E-state index contributed by atoms with van der Waals surface area (Å²) in [6.07, 6.45) is 53.9. The molecule has 9 heteroatoms. The monoisotopic (exact) mass is 916 g/mol. The van der Waals surface area contributed by atoms with Gasteiger partial charge < -0.3 is 40.3 Å². The molecular weight excluding hydrogens is 815 g/mol. The number of hydrogen-bond donors (Lipinski definition) is 6. The molecule has 7 unspecified atom stereocenters. The average molecular weight is 916 g/mol. The lowest BCUT2D eigenvalue weighted by molar-refractivity contribution is -0.302. The summed E-state index contributed by atoms with van der Waals surface area (Å²) < 4.78 is 11.3. The van der Waals surface area contributed by atoms with Gasteiger partial charge in [-0.1, -0.05) is 229 Å². The van der Waals surface area contributed by atoms with E-state index in [1.807, 2.05) is 0 Å². The number of carbonyl (C=O) groups is 1. The Morgan fingerprint density at radius 1 is 0.538 bits per heavy atom. The smallest absolute Gasteiger partial charge is 0.220 e. The summed E-state index contributed by atoms with van der Waals surface area (Å²) in [4.78, 5) is 13.0. The zero-order valence-corrected chi connectivity index (χ0v) is 41.7. The zero-order valence-electron chi connectivity index (χ0n) is 41.7. The molecule has 0 radical (unpaired) electrons. The highest BCUT2D eigenvalue weighted by Gasteiger charge is 2.44. The molecular formula is C56H101NO8. The fourth-order valence-electron chi connectivity index (χ4n) is 8.36. The Morgan fingerprint density at radius 3 is 1.42 bits per heavy atom. The topological polar surface area (TPSA) is 149 Å². The summed E-state index contributed by atoms with van der Waals surface area (Å²) in [7, 11) is 0.